The van der Waals surface area contributed by atoms with E-state index in [0.29, 0.717) is 19.4 Å². The molecule has 0 spiro atoms. The summed E-state index contributed by atoms with van der Waals surface area (Å²) in [4.78, 5) is 22.3. The molecule has 4 N–H and O–H groups in total. The molecule has 7 nitrogen and oxygen atoms in total. The summed E-state index contributed by atoms with van der Waals surface area (Å²) < 4.78 is 9.71. The van der Waals surface area contributed by atoms with E-state index in [1.807, 2.05) is 6.92 Å². The van der Waals surface area contributed by atoms with Crippen molar-refractivity contribution < 1.29 is 24.2 Å². The summed E-state index contributed by atoms with van der Waals surface area (Å²) in [7, 11) is 1.17. The average Bonchev–Trinajstić information content (AvgIpc) is 2.24. The Kier molecular flexibility index (Phi) is 4.30. The van der Waals surface area contributed by atoms with Crippen LogP contribution in [0.3, 0.4) is 0 Å². The van der Waals surface area contributed by atoms with Gasteiger partial charge >= 0.3 is 12.1 Å². The van der Waals surface area contributed by atoms with Gasteiger partial charge in [-0.2, -0.15) is 0 Å². The average molecular weight is 246 g/mol. The summed E-state index contributed by atoms with van der Waals surface area (Å²) in [6.07, 6.45) is -0.192. The number of carbonyl (C=O) groups excluding carboxylic acids is 1. The lowest BCUT2D eigenvalue weighted by atomic mass is 9.81. The molecule has 1 rings (SSSR count). The van der Waals surface area contributed by atoms with Gasteiger partial charge in [0, 0.05) is 6.61 Å². The highest BCUT2D eigenvalue weighted by atomic mass is 16.5. The summed E-state index contributed by atoms with van der Waals surface area (Å²) in [5, 5.41) is 11.4. The van der Waals surface area contributed by atoms with Crippen LogP contribution in [0.1, 0.15) is 19.8 Å². The number of carboxylic acids is 1. The van der Waals surface area contributed by atoms with E-state index in [-0.39, 0.29) is 6.10 Å². The van der Waals surface area contributed by atoms with Crippen molar-refractivity contribution in [2.24, 2.45) is 5.73 Å². The number of nitrogens with one attached hydrogen (secondary N) is 1. The molecule has 1 fully saturated rings. The zero-order valence-electron chi connectivity index (χ0n) is 9.93. The molecular weight excluding hydrogens is 228 g/mol. The summed E-state index contributed by atoms with van der Waals surface area (Å²) in [5.41, 5.74) is 5.05. The second kappa shape index (κ2) is 5.33. The van der Waals surface area contributed by atoms with Crippen LogP contribution in [-0.2, 0) is 14.3 Å². The van der Waals surface area contributed by atoms with E-state index in [2.05, 4.69) is 10.1 Å². The van der Waals surface area contributed by atoms with E-state index in [4.69, 9.17) is 15.6 Å². The van der Waals surface area contributed by atoms with Gasteiger partial charge in [-0.1, -0.05) is 0 Å². The number of carboxylic acid groups (broad SMARTS) is 1. The van der Waals surface area contributed by atoms with Gasteiger partial charge < -0.3 is 25.6 Å². The number of carbonyl (C=O) groups is 2. The van der Waals surface area contributed by atoms with Gasteiger partial charge in [0.05, 0.1) is 18.8 Å². The first-order chi connectivity index (χ1) is 7.89. The number of methoxy groups -OCH3 is 1. The monoisotopic (exact) mass is 246 g/mol. The van der Waals surface area contributed by atoms with Crippen LogP contribution in [0.2, 0.25) is 0 Å². The molecule has 2 unspecified atom stereocenters. The molecule has 3 atom stereocenters. The highest BCUT2D eigenvalue weighted by molar-refractivity contribution is 5.81. The molecule has 1 heterocycles. The molecule has 1 aliphatic rings. The molecule has 0 aromatic rings. The second-order valence-electron chi connectivity index (χ2n) is 4.28. The topological polar surface area (TPSA) is 111 Å². The molecule has 0 aliphatic carbocycles. The Balaban J connectivity index is 2.81. The minimum absolute atomic E-state index is 0.130. The van der Waals surface area contributed by atoms with Gasteiger partial charge in [0.1, 0.15) is 6.04 Å². The summed E-state index contributed by atoms with van der Waals surface area (Å²) in [5.74, 6) is -1.17. The predicted molar refractivity (Wildman–Crippen MR) is 58.5 cm³/mol. The molecule has 17 heavy (non-hydrogen) atoms. The van der Waals surface area contributed by atoms with Gasteiger partial charge in [0.15, 0.2) is 0 Å². The first kappa shape index (κ1) is 13.7. The number of alkyl carbamates (subject to hydrolysis) is 1. The smallest absolute Gasteiger partial charge is 0.407 e. The number of nitrogens with two attached hydrogens (primary N) is 1. The fraction of sp³-hybridized carbons (Fsp3) is 0.800. The zero-order valence-corrected chi connectivity index (χ0v) is 9.93. The third-order valence-electron chi connectivity index (χ3n) is 2.91. The van der Waals surface area contributed by atoms with E-state index < -0.39 is 23.6 Å². The van der Waals surface area contributed by atoms with Crippen molar-refractivity contribution in [2.45, 2.75) is 37.5 Å². The van der Waals surface area contributed by atoms with Crippen molar-refractivity contribution in [3.8, 4) is 0 Å². The maximum Gasteiger partial charge on any atom is 0.407 e. The van der Waals surface area contributed by atoms with E-state index in [0.717, 1.165) is 0 Å². The minimum atomic E-state index is -1.18. The van der Waals surface area contributed by atoms with Crippen molar-refractivity contribution in [3.05, 3.63) is 0 Å². The van der Waals surface area contributed by atoms with Crippen molar-refractivity contribution in [3.63, 3.8) is 0 Å². The highest BCUT2D eigenvalue weighted by Gasteiger charge is 2.44. The SMILES string of the molecule is COC(=O)NC(C(=O)O)C1(N)CCO[C@@H](C)C1. The van der Waals surface area contributed by atoms with Gasteiger partial charge in [-0.3, -0.25) is 0 Å². The fourth-order valence-corrected chi connectivity index (χ4v) is 2.04. The summed E-state index contributed by atoms with van der Waals surface area (Å²) in [6.45, 7) is 2.20. The lowest BCUT2D eigenvalue weighted by Crippen LogP contribution is -2.65. The van der Waals surface area contributed by atoms with E-state index in [9.17, 15) is 9.59 Å². The van der Waals surface area contributed by atoms with Gasteiger partial charge in [-0.15, -0.1) is 0 Å². The van der Waals surface area contributed by atoms with Gasteiger partial charge in [0.25, 0.3) is 0 Å². The Bertz CT molecular complexity index is 309. The Hall–Kier alpha value is -1.34. The molecule has 0 radical (unpaired) electrons. The van der Waals surface area contributed by atoms with Crippen LogP contribution in [0.15, 0.2) is 0 Å². The molecular formula is C10H18N2O5. The second-order valence-corrected chi connectivity index (χ2v) is 4.28. The first-order valence-electron chi connectivity index (χ1n) is 5.37. The first-order valence-corrected chi connectivity index (χ1v) is 5.37. The normalized spacial score (nSPS) is 30.4. The molecule has 1 amide bonds. The maximum absolute atomic E-state index is 11.2. The molecule has 98 valence electrons. The molecule has 0 aromatic heterocycles. The molecule has 0 saturated carbocycles. The third kappa shape index (κ3) is 3.31. The third-order valence-corrected chi connectivity index (χ3v) is 2.91. The standard InChI is InChI=1S/C10H18N2O5/c1-6-5-10(11,3-4-17-6)7(8(13)14)12-9(15)16-2/h6-7H,3-5,11H2,1-2H3,(H,12,15)(H,13,14)/t6-,7?,10?/m0/s1. The van der Waals surface area contributed by atoms with Crippen LogP contribution in [0.25, 0.3) is 0 Å². The van der Waals surface area contributed by atoms with Gasteiger partial charge in [-0.25, -0.2) is 9.59 Å². The van der Waals surface area contributed by atoms with Crippen molar-refractivity contribution in [1.29, 1.82) is 0 Å². The number of rotatable bonds is 3. The molecule has 7 heteroatoms. The van der Waals surface area contributed by atoms with Gasteiger partial charge in [-0.05, 0) is 19.8 Å². The molecule has 0 bridgehead atoms. The lowest BCUT2D eigenvalue weighted by Gasteiger charge is -2.40. The largest absolute Gasteiger partial charge is 0.480 e. The maximum atomic E-state index is 11.2. The van der Waals surface area contributed by atoms with Crippen LogP contribution < -0.4 is 11.1 Å². The number of hydrogen-bond donors (Lipinski definition) is 3. The number of ether oxygens (including phenoxy) is 2. The summed E-state index contributed by atoms with van der Waals surface area (Å²) >= 11 is 0. The molecule has 1 saturated heterocycles. The Labute approximate surface area is 99.3 Å². The minimum Gasteiger partial charge on any atom is -0.480 e. The van der Waals surface area contributed by atoms with Crippen LogP contribution in [0.4, 0.5) is 4.79 Å². The Morgan fingerprint density at radius 1 is 1.65 bits per heavy atom. The van der Waals surface area contributed by atoms with E-state index >= 15 is 0 Å². The summed E-state index contributed by atoms with van der Waals surface area (Å²) in [6, 6.07) is -1.18. The van der Waals surface area contributed by atoms with E-state index in [1.165, 1.54) is 7.11 Å². The fourth-order valence-electron chi connectivity index (χ4n) is 2.04. The van der Waals surface area contributed by atoms with Crippen LogP contribution in [-0.4, -0.2) is 48.6 Å². The van der Waals surface area contributed by atoms with Crippen molar-refractivity contribution in [1.82, 2.24) is 5.32 Å². The Morgan fingerprint density at radius 3 is 2.76 bits per heavy atom. The van der Waals surface area contributed by atoms with Crippen molar-refractivity contribution in [2.75, 3.05) is 13.7 Å². The quantitative estimate of drug-likeness (QED) is 0.630. The highest BCUT2D eigenvalue weighted by Crippen LogP contribution is 2.26. The van der Waals surface area contributed by atoms with Crippen molar-refractivity contribution >= 4 is 12.1 Å². The number of hydrogen-bond acceptors (Lipinski definition) is 5. The molecule has 0 aromatic carbocycles. The Morgan fingerprint density at radius 2 is 2.29 bits per heavy atom. The number of aliphatic carboxylic acids is 1. The van der Waals surface area contributed by atoms with Crippen LogP contribution >= 0.6 is 0 Å². The zero-order chi connectivity index (χ0) is 13.1. The lowest BCUT2D eigenvalue weighted by molar-refractivity contribution is -0.143. The predicted octanol–water partition coefficient (Wildman–Crippen LogP) is -0.308. The van der Waals surface area contributed by atoms with Crippen LogP contribution in [0, 0.1) is 0 Å². The van der Waals surface area contributed by atoms with Gasteiger partial charge in [0.2, 0.25) is 0 Å². The molecule has 1 aliphatic heterocycles. The van der Waals surface area contributed by atoms with E-state index in [1.54, 1.807) is 0 Å². The van der Waals surface area contributed by atoms with Crippen LogP contribution in [0.5, 0.6) is 0 Å². The number of amides is 1.